The maximum absolute atomic E-state index is 15.0. The lowest BCUT2D eigenvalue weighted by molar-refractivity contribution is -0.00100. The van der Waals surface area contributed by atoms with Crippen LogP contribution in [0, 0.1) is 0 Å². The number of benzene rings is 3. The number of aromatic nitrogens is 1. The average molecular weight is 634 g/mol. The zero-order valence-electron chi connectivity index (χ0n) is 22.7. The predicted octanol–water partition coefficient (Wildman–Crippen LogP) is -3.78. The Balaban J connectivity index is 0.00000135. The molecule has 5 nitrogen and oxygen atoms in total. The highest BCUT2D eigenvalue weighted by Gasteiger charge is 2.71. The number of halogens is 5. The second-order valence-electron chi connectivity index (χ2n) is 10.9. The van der Waals surface area contributed by atoms with Gasteiger partial charge in [-0.15, -0.1) is 0 Å². The van der Waals surface area contributed by atoms with Crippen LogP contribution < -0.4 is 42.0 Å². The van der Waals surface area contributed by atoms with Crippen molar-refractivity contribution in [1.82, 2.24) is 14.8 Å². The van der Waals surface area contributed by atoms with Gasteiger partial charge in [0.15, 0.2) is 0 Å². The first-order valence-corrected chi connectivity index (χ1v) is 13.7. The Morgan fingerprint density at radius 2 is 1.38 bits per heavy atom. The van der Waals surface area contributed by atoms with E-state index in [9.17, 15) is 13.9 Å². The van der Waals surface area contributed by atoms with Crippen molar-refractivity contribution in [2.24, 2.45) is 0 Å². The van der Waals surface area contributed by atoms with Crippen molar-refractivity contribution in [2.45, 2.75) is 29.9 Å². The van der Waals surface area contributed by atoms with Gasteiger partial charge in [-0.3, -0.25) is 14.8 Å². The van der Waals surface area contributed by atoms with Gasteiger partial charge >= 0.3 is 0 Å². The quantitative estimate of drug-likeness (QED) is 0.237. The van der Waals surface area contributed by atoms with Crippen molar-refractivity contribution < 1.29 is 55.8 Å². The fourth-order valence-corrected chi connectivity index (χ4v) is 6.69. The van der Waals surface area contributed by atoms with Crippen molar-refractivity contribution in [1.29, 1.82) is 0 Å². The van der Waals surface area contributed by atoms with Crippen LogP contribution >= 0.6 is 0 Å². The van der Waals surface area contributed by atoms with E-state index in [1.165, 1.54) is 0 Å². The Morgan fingerprint density at radius 3 is 2.00 bits per heavy atom. The molecule has 224 valence electrons. The molecule has 1 aromatic heterocycles. The Bertz CT molecular complexity index is 1460. The molecule has 7 rings (SSSR count). The molecule has 3 atom stereocenters. The second-order valence-corrected chi connectivity index (χ2v) is 10.9. The van der Waals surface area contributed by atoms with Crippen molar-refractivity contribution >= 4 is 10.9 Å². The summed E-state index contributed by atoms with van der Waals surface area (Å²) in [5.74, 6) is -3.46. The Morgan fingerprint density at radius 1 is 0.786 bits per heavy atom. The summed E-state index contributed by atoms with van der Waals surface area (Å²) in [6.45, 7) is 3.89. The van der Waals surface area contributed by atoms with Gasteiger partial charge in [0.1, 0.15) is 18.5 Å². The first kappa shape index (κ1) is 32.4. The first-order chi connectivity index (χ1) is 19.0. The number of aliphatic hydroxyl groups excluding tert-OH is 1. The van der Waals surface area contributed by atoms with E-state index in [0.717, 1.165) is 65.1 Å². The Hall–Kier alpha value is -2.52. The zero-order chi connectivity index (χ0) is 26.6. The molecule has 42 heavy (non-hydrogen) atoms. The number of fused-ring (bicyclic) bond motifs is 6. The van der Waals surface area contributed by atoms with E-state index in [2.05, 4.69) is 14.8 Å². The first-order valence-electron chi connectivity index (χ1n) is 13.7. The van der Waals surface area contributed by atoms with Gasteiger partial charge in [-0.05, 0) is 46.5 Å². The molecule has 3 aromatic carbocycles. The highest BCUT2D eigenvalue weighted by Crippen LogP contribution is 2.70. The number of nitrogens with zero attached hydrogens (tertiary/aromatic N) is 3. The van der Waals surface area contributed by atoms with Crippen molar-refractivity contribution in [2.75, 3.05) is 39.3 Å². The van der Waals surface area contributed by atoms with Gasteiger partial charge in [-0.2, -0.15) is 0 Å². The molecule has 2 heterocycles. The highest BCUT2D eigenvalue weighted by atomic mass is 35.5. The van der Waals surface area contributed by atoms with Gasteiger partial charge in [0.05, 0.1) is 23.4 Å². The predicted molar refractivity (Wildman–Crippen MR) is 146 cm³/mol. The van der Waals surface area contributed by atoms with E-state index in [1.54, 1.807) is 6.20 Å². The molecule has 2 fully saturated rings. The monoisotopic (exact) mass is 632 g/mol. The van der Waals surface area contributed by atoms with Crippen LogP contribution in [0.15, 0.2) is 85.1 Å². The fraction of sp³-hybridized carbons (Fsp3) is 0.344. The van der Waals surface area contributed by atoms with Crippen molar-refractivity contribution in [3.05, 3.63) is 107 Å². The molecule has 3 unspecified atom stereocenters. The Kier molecular flexibility index (Phi) is 10.0. The summed E-state index contributed by atoms with van der Waals surface area (Å²) in [7, 11) is 0. The van der Waals surface area contributed by atoms with Gasteiger partial charge in [-0.1, -0.05) is 54.6 Å². The number of alkyl halides is 2. The molecule has 10 heteroatoms. The molecule has 2 aliphatic carbocycles. The molecule has 0 spiro atoms. The molecule has 1 saturated carbocycles. The topological polar surface area (TPSA) is 48.8 Å². The fourth-order valence-electron chi connectivity index (χ4n) is 6.69. The van der Waals surface area contributed by atoms with Crippen LogP contribution in [-0.2, 0) is 0 Å². The molecule has 0 radical (unpaired) electrons. The van der Waals surface area contributed by atoms with Crippen LogP contribution in [0.3, 0.4) is 0 Å². The summed E-state index contributed by atoms with van der Waals surface area (Å²) in [6.07, 6.45) is 1.13. The molecule has 3 aliphatic rings. The second kappa shape index (κ2) is 13.0. The van der Waals surface area contributed by atoms with Crippen LogP contribution in [0.4, 0.5) is 8.78 Å². The number of pyridine rings is 1. The summed E-state index contributed by atoms with van der Waals surface area (Å²) < 4.78 is 35.9. The molecular weight excluding hydrogens is 603 g/mol. The third kappa shape index (κ3) is 5.71. The third-order valence-corrected chi connectivity index (χ3v) is 8.58. The molecule has 0 bridgehead atoms. The number of rotatable bonds is 6. The highest BCUT2D eigenvalue weighted by molar-refractivity contribution is 5.84. The Labute approximate surface area is 263 Å². The largest absolute Gasteiger partial charge is 1.00 e. The molecule has 0 amide bonds. The average Bonchev–Trinajstić information content (AvgIpc) is 3.58. The maximum Gasteiger partial charge on any atom is 0.263 e. The summed E-state index contributed by atoms with van der Waals surface area (Å²) in [5, 5.41) is 11.7. The smallest absolute Gasteiger partial charge is 0.263 e. The number of β-amino-alcohol motifs (C(OH)–C–C–N with tert-alkyl or cyclic N) is 1. The van der Waals surface area contributed by atoms with Crippen LogP contribution in [-0.4, -0.2) is 71.2 Å². The van der Waals surface area contributed by atoms with Gasteiger partial charge in [-0.25, -0.2) is 8.78 Å². The lowest BCUT2D eigenvalue weighted by atomic mass is 9.90. The molecule has 1 aliphatic heterocycles. The van der Waals surface area contributed by atoms with Gasteiger partial charge in [0.25, 0.3) is 5.92 Å². The van der Waals surface area contributed by atoms with E-state index < -0.39 is 23.9 Å². The minimum absolute atomic E-state index is 0. The van der Waals surface area contributed by atoms with Gasteiger partial charge < -0.3 is 47.1 Å². The number of piperazine rings is 1. The molecule has 1 N–H and O–H groups in total. The SMILES string of the molecule is OC(COc1cccc2ncccc12)CN1CCN(C2c3ccccc3C3C(c4ccccc42)C3(F)F)CC1.[Cl-].[Cl-].[Cl-]. The van der Waals surface area contributed by atoms with E-state index in [4.69, 9.17) is 4.74 Å². The van der Waals surface area contributed by atoms with E-state index in [1.807, 2.05) is 78.9 Å². The van der Waals surface area contributed by atoms with Crippen LogP contribution in [0.1, 0.15) is 40.1 Å². The standard InChI is InChI=1S/C32H31F2N3O2.3ClH/c33-32(34)29-22-7-1-3-9-24(22)31(25-10-4-2-8-23(25)30(29)32)37-17-15-36(16-18-37)19-21(38)20-39-28-13-5-12-27-26(28)11-6-14-35-27;;;/h1-14,21,29-31,38H,15-20H2;3*1H/p-3. The van der Waals surface area contributed by atoms with E-state index in [-0.39, 0.29) is 49.9 Å². The lowest BCUT2D eigenvalue weighted by Gasteiger charge is -2.41. The zero-order valence-corrected chi connectivity index (χ0v) is 25.0. The van der Waals surface area contributed by atoms with Crippen LogP contribution in [0.25, 0.3) is 10.9 Å². The van der Waals surface area contributed by atoms with E-state index in [0.29, 0.717) is 6.54 Å². The van der Waals surface area contributed by atoms with E-state index >= 15 is 0 Å². The maximum atomic E-state index is 15.0. The number of hydrogen-bond acceptors (Lipinski definition) is 5. The summed E-state index contributed by atoms with van der Waals surface area (Å²) >= 11 is 0. The normalized spacial score (nSPS) is 23.0. The van der Waals surface area contributed by atoms with Crippen molar-refractivity contribution in [3.63, 3.8) is 0 Å². The minimum Gasteiger partial charge on any atom is -1.00 e. The van der Waals surface area contributed by atoms with Crippen molar-refractivity contribution in [3.8, 4) is 5.75 Å². The molecular formula is C32H31Cl3F2N3O2-3. The summed E-state index contributed by atoms with van der Waals surface area (Å²) in [5.41, 5.74) is 4.44. The summed E-state index contributed by atoms with van der Waals surface area (Å²) in [4.78, 5) is 9.04. The number of hydrogen-bond donors (Lipinski definition) is 1. The molecule has 4 aromatic rings. The lowest BCUT2D eigenvalue weighted by Crippen LogP contribution is -3.00. The minimum atomic E-state index is -2.70. The third-order valence-electron chi connectivity index (χ3n) is 8.58. The van der Waals surface area contributed by atoms with Crippen LogP contribution in [0.2, 0.25) is 0 Å². The number of ether oxygens (including phenoxy) is 1. The number of aliphatic hydroxyl groups is 1. The summed E-state index contributed by atoms with van der Waals surface area (Å²) in [6, 6.07) is 25.1. The van der Waals surface area contributed by atoms with Gasteiger partial charge in [0, 0.05) is 44.3 Å². The molecule has 1 saturated heterocycles. The van der Waals surface area contributed by atoms with Crippen LogP contribution in [0.5, 0.6) is 5.75 Å². The van der Waals surface area contributed by atoms with Gasteiger partial charge in [0.2, 0.25) is 0 Å².